The second-order valence-electron chi connectivity index (χ2n) is 5.92. The third-order valence-electron chi connectivity index (χ3n) is 4.01. The van der Waals surface area contributed by atoms with E-state index >= 15 is 0 Å². The molecule has 0 aromatic carbocycles. The molecule has 3 nitrogen and oxygen atoms in total. The Hall–Kier alpha value is -0.120. The summed E-state index contributed by atoms with van der Waals surface area (Å²) in [6, 6.07) is 1.08. The Kier molecular flexibility index (Phi) is 6.45. The molecule has 1 fully saturated rings. The van der Waals surface area contributed by atoms with E-state index in [2.05, 4.69) is 32.7 Å². The van der Waals surface area contributed by atoms with E-state index in [-0.39, 0.29) is 0 Å². The molecule has 0 radical (unpaired) electrons. The zero-order chi connectivity index (χ0) is 12.8. The molecule has 0 aromatic rings. The standard InChI is InChI=1S/C14H30N2O/c1-11(2)8-12(3)16(4)14(9-15)13-6-5-7-17-10-13/h11-14H,5-10,15H2,1-4H3. The second kappa shape index (κ2) is 7.34. The van der Waals surface area contributed by atoms with Crippen LogP contribution in [-0.2, 0) is 4.74 Å². The summed E-state index contributed by atoms with van der Waals surface area (Å²) in [7, 11) is 2.22. The van der Waals surface area contributed by atoms with Crippen LogP contribution >= 0.6 is 0 Å². The van der Waals surface area contributed by atoms with Gasteiger partial charge in [-0.3, -0.25) is 4.90 Å². The van der Waals surface area contributed by atoms with E-state index in [4.69, 9.17) is 10.5 Å². The molecule has 1 aliphatic heterocycles. The maximum atomic E-state index is 5.98. The molecule has 17 heavy (non-hydrogen) atoms. The van der Waals surface area contributed by atoms with Gasteiger partial charge in [0.25, 0.3) is 0 Å². The lowest BCUT2D eigenvalue weighted by atomic mass is 9.91. The van der Waals surface area contributed by atoms with Crippen molar-refractivity contribution in [2.75, 3.05) is 26.8 Å². The average Bonchev–Trinajstić information content (AvgIpc) is 2.30. The SMILES string of the molecule is CC(C)CC(C)N(C)C(CN)C1CCCOC1. The first-order valence-electron chi connectivity index (χ1n) is 7.06. The van der Waals surface area contributed by atoms with Crippen LogP contribution < -0.4 is 5.73 Å². The summed E-state index contributed by atoms with van der Waals surface area (Å²) in [6.07, 6.45) is 3.69. The maximum Gasteiger partial charge on any atom is 0.0509 e. The second-order valence-corrected chi connectivity index (χ2v) is 5.92. The zero-order valence-corrected chi connectivity index (χ0v) is 12.0. The predicted octanol–water partition coefficient (Wildman–Crippen LogP) is 2.11. The third-order valence-corrected chi connectivity index (χ3v) is 4.01. The van der Waals surface area contributed by atoms with E-state index in [9.17, 15) is 0 Å². The molecule has 0 aromatic heterocycles. The quantitative estimate of drug-likeness (QED) is 0.775. The Bertz CT molecular complexity index is 202. The van der Waals surface area contributed by atoms with Crippen LogP contribution in [0.1, 0.15) is 40.0 Å². The summed E-state index contributed by atoms with van der Waals surface area (Å²) in [5.41, 5.74) is 5.98. The van der Waals surface area contributed by atoms with Gasteiger partial charge in [0.2, 0.25) is 0 Å². The molecule has 1 aliphatic rings. The van der Waals surface area contributed by atoms with Gasteiger partial charge in [-0.2, -0.15) is 0 Å². The van der Waals surface area contributed by atoms with Gasteiger partial charge < -0.3 is 10.5 Å². The molecule has 3 atom stereocenters. The van der Waals surface area contributed by atoms with Gasteiger partial charge in [-0.25, -0.2) is 0 Å². The van der Waals surface area contributed by atoms with Crippen molar-refractivity contribution >= 4 is 0 Å². The molecule has 102 valence electrons. The number of nitrogens with two attached hydrogens (primary N) is 1. The van der Waals surface area contributed by atoms with Crippen LogP contribution in [0.5, 0.6) is 0 Å². The number of hydrogen-bond acceptors (Lipinski definition) is 3. The zero-order valence-electron chi connectivity index (χ0n) is 12.0. The summed E-state index contributed by atoms with van der Waals surface area (Å²) >= 11 is 0. The van der Waals surface area contributed by atoms with Crippen LogP contribution in [-0.4, -0.2) is 43.8 Å². The Morgan fingerprint density at radius 2 is 2.06 bits per heavy atom. The first-order valence-corrected chi connectivity index (χ1v) is 7.06. The van der Waals surface area contributed by atoms with Crippen molar-refractivity contribution < 1.29 is 4.74 Å². The fourth-order valence-corrected chi connectivity index (χ4v) is 2.94. The topological polar surface area (TPSA) is 38.5 Å². The van der Waals surface area contributed by atoms with Crippen LogP contribution in [0.15, 0.2) is 0 Å². The molecule has 3 unspecified atom stereocenters. The number of likely N-dealkylation sites (N-methyl/N-ethyl adjacent to an activating group) is 1. The summed E-state index contributed by atoms with van der Waals surface area (Å²) in [5, 5.41) is 0. The van der Waals surface area contributed by atoms with E-state index in [0.717, 1.165) is 25.7 Å². The number of ether oxygens (including phenoxy) is 1. The van der Waals surface area contributed by atoms with Crippen LogP contribution in [0.4, 0.5) is 0 Å². The van der Waals surface area contributed by atoms with Crippen molar-refractivity contribution in [1.29, 1.82) is 0 Å². The largest absolute Gasteiger partial charge is 0.381 e. The predicted molar refractivity (Wildman–Crippen MR) is 73.1 cm³/mol. The minimum atomic E-state index is 0.476. The van der Waals surface area contributed by atoms with Crippen molar-refractivity contribution in [3.8, 4) is 0 Å². The maximum absolute atomic E-state index is 5.98. The van der Waals surface area contributed by atoms with Gasteiger partial charge in [-0.05, 0) is 45.1 Å². The summed E-state index contributed by atoms with van der Waals surface area (Å²) in [4.78, 5) is 2.47. The number of hydrogen-bond donors (Lipinski definition) is 1. The van der Waals surface area contributed by atoms with Gasteiger partial charge in [0.1, 0.15) is 0 Å². The van der Waals surface area contributed by atoms with Crippen molar-refractivity contribution in [2.24, 2.45) is 17.6 Å². The molecular weight excluding hydrogens is 212 g/mol. The fourth-order valence-electron chi connectivity index (χ4n) is 2.94. The Balaban J connectivity index is 2.52. The van der Waals surface area contributed by atoms with Gasteiger partial charge in [-0.1, -0.05) is 13.8 Å². The van der Waals surface area contributed by atoms with E-state index < -0.39 is 0 Å². The molecule has 0 bridgehead atoms. The molecule has 1 heterocycles. The van der Waals surface area contributed by atoms with Gasteiger partial charge in [0, 0.05) is 25.2 Å². The Labute approximate surface area is 107 Å². The fraction of sp³-hybridized carbons (Fsp3) is 1.00. The number of nitrogens with zero attached hydrogens (tertiary/aromatic N) is 1. The number of rotatable bonds is 6. The molecule has 1 saturated heterocycles. The molecule has 0 saturated carbocycles. The van der Waals surface area contributed by atoms with Crippen molar-refractivity contribution in [2.45, 2.75) is 52.1 Å². The lowest BCUT2D eigenvalue weighted by molar-refractivity contribution is 0.00712. The lowest BCUT2D eigenvalue weighted by Gasteiger charge is -2.39. The van der Waals surface area contributed by atoms with Crippen molar-refractivity contribution in [3.63, 3.8) is 0 Å². The van der Waals surface area contributed by atoms with Crippen LogP contribution in [0, 0.1) is 11.8 Å². The molecule has 1 rings (SSSR count). The molecule has 0 spiro atoms. The van der Waals surface area contributed by atoms with Crippen LogP contribution in [0.25, 0.3) is 0 Å². The van der Waals surface area contributed by atoms with E-state index in [1.165, 1.54) is 19.3 Å². The van der Waals surface area contributed by atoms with Gasteiger partial charge >= 0.3 is 0 Å². The lowest BCUT2D eigenvalue weighted by Crippen LogP contribution is -2.49. The van der Waals surface area contributed by atoms with Gasteiger partial charge in [0.05, 0.1) is 6.61 Å². The van der Waals surface area contributed by atoms with E-state index in [1.54, 1.807) is 0 Å². The van der Waals surface area contributed by atoms with Gasteiger partial charge in [0.15, 0.2) is 0 Å². The summed E-state index contributed by atoms with van der Waals surface area (Å²) in [6.45, 7) is 9.44. The molecule has 3 heteroatoms. The highest BCUT2D eigenvalue weighted by molar-refractivity contribution is 4.83. The Morgan fingerprint density at radius 1 is 1.35 bits per heavy atom. The highest BCUT2D eigenvalue weighted by Crippen LogP contribution is 2.23. The monoisotopic (exact) mass is 242 g/mol. The van der Waals surface area contributed by atoms with Gasteiger partial charge in [-0.15, -0.1) is 0 Å². The average molecular weight is 242 g/mol. The molecule has 0 amide bonds. The van der Waals surface area contributed by atoms with E-state index in [0.29, 0.717) is 18.0 Å². The normalized spacial score (nSPS) is 25.2. The first kappa shape index (κ1) is 14.9. The Morgan fingerprint density at radius 3 is 2.53 bits per heavy atom. The smallest absolute Gasteiger partial charge is 0.0509 e. The van der Waals surface area contributed by atoms with Crippen LogP contribution in [0.3, 0.4) is 0 Å². The minimum Gasteiger partial charge on any atom is -0.381 e. The molecule has 0 aliphatic carbocycles. The molecule has 2 N–H and O–H groups in total. The summed E-state index contributed by atoms with van der Waals surface area (Å²) < 4.78 is 5.59. The van der Waals surface area contributed by atoms with Crippen molar-refractivity contribution in [3.05, 3.63) is 0 Å². The first-order chi connectivity index (χ1) is 8.06. The third kappa shape index (κ3) is 4.57. The summed E-state index contributed by atoms with van der Waals surface area (Å²) in [5.74, 6) is 1.36. The van der Waals surface area contributed by atoms with Crippen LogP contribution in [0.2, 0.25) is 0 Å². The van der Waals surface area contributed by atoms with E-state index in [1.807, 2.05) is 0 Å². The molecular formula is C14H30N2O. The van der Waals surface area contributed by atoms with Crippen molar-refractivity contribution in [1.82, 2.24) is 4.90 Å². The minimum absolute atomic E-state index is 0.476. The highest BCUT2D eigenvalue weighted by Gasteiger charge is 2.28. The highest BCUT2D eigenvalue weighted by atomic mass is 16.5.